The van der Waals surface area contributed by atoms with Crippen molar-refractivity contribution in [1.82, 2.24) is 33.4 Å². The molecule has 0 bridgehead atoms. The van der Waals surface area contributed by atoms with E-state index in [1.165, 1.54) is 7.05 Å². The van der Waals surface area contributed by atoms with Crippen LogP contribution in [0, 0.1) is 17.8 Å². The molecule has 4 heterocycles. The Morgan fingerprint density at radius 2 is 1.65 bits per heavy atom. The Kier molecular flexibility index (Phi) is 6.90. The molecule has 3 aromatic heterocycles. The van der Waals surface area contributed by atoms with Crippen molar-refractivity contribution < 1.29 is 9.59 Å². The van der Waals surface area contributed by atoms with E-state index in [-0.39, 0.29) is 30.8 Å². The maximum atomic E-state index is 13.5. The van der Waals surface area contributed by atoms with Crippen molar-refractivity contribution in [3.05, 3.63) is 104 Å². The summed E-state index contributed by atoms with van der Waals surface area (Å²) in [5.74, 6) is 6.01. The minimum Gasteiger partial charge on any atom is -0.333 e. The van der Waals surface area contributed by atoms with Gasteiger partial charge in [0.15, 0.2) is 11.5 Å². The molecule has 216 valence electrons. The molecule has 1 aliphatic rings. The molecule has 0 aliphatic carbocycles. The monoisotopic (exact) mass is 575 g/mol. The summed E-state index contributed by atoms with van der Waals surface area (Å²) in [5.41, 5.74) is 2.30. The average molecular weight is 576 g/mol. The Bertz CT molecular complexity index is 2080. The molecule has 2 aromatic carbocycles. The summed E-state index contributed by atoms with van der Waals surface area (Å²) < 4.78 is 6.18. The van der Waals surface area contributed by atoms with E-state index in [1.807, 2.05) is 49.7 Å². The number of hydrogen-bond donors (Lipinski definition) is 0. The van der Waals surface area contributed by atoms with Crippen LogP contribution in [0.1, 0.15) is 45.7 Å². The molecule has 2 amide bonds. The molecule has 0 atom stereocenters. The number of aryl methyl sites for hydroxylation is 1. The van der Waals surface area contributed by atoms with Gasteiger partial charge in [-0.1, -0.05) is 50.0 Å². The molecule has 0 N–H and O–H groups in total. The van der Waals surface area contributed by atoms with Gasteiger partial charge >= 0.3 is 5.69 Å². The molecule has 0 unspecified atom stereocenters. The fraction of sp³-hybridized carbons (Fsp3) is 0.250. The first kappa shape index (κ1) is 27.7. The van der Waals surface area contributed by atoms with E-state index in [9.17, 15) is 19.2 Å². The van der Waals surface area contributed by atoms with Crippen LogP contribution in [0.2, 0.25) is 0 Å². The number of aromatic nitrogens is 6. The molecule has 43 heavy (non-hydrogen) atoms. The number of amides is 2. The maximum absolute atomic E-state index is 13.5. The molecule has 5 aromatic rings. The third-order valence-corrected chi connectivity index (χ3v) is 7.41. The van der Waals surface area contributed by atoms with Gasteiger partial charge in [-0.3, -0.25) is 33.1 Å². The van der Waals surface area contributed by atoms with Gasteiger partial charge in [0.05, 0.1) is 24.2 Å². The van der Waals surface area contributed by atoms with E-state index in [1.54, 1.807) is 45.9 Å². The van der Waals surface area contributed by atoms with Crippen molar-refractivity contribution in [2.45, 2.75) is 26.9 Å². The highest BCUT2D eigenvalue weighted by atomic mass is 16.2. The lowest BCUT2D eigenvalue weighted by molar-refractivity contribution is 0.0675. The van der Waals surface area contributed by atoms with Crippen molar-refractivity contribution in [1.29, 1.82) is 0 Å². The van der Waals surface area contributed by atoms with Crippen LogP contribution in [0.5, 0.6) is 0 Å². The first-order valence-corrected chi connectivity index (χ1v) is 13.9. The second kappa shape index (κ2) is 10.7. The SMILES string of the molecule is CC(C)Cn1c(=O)n(C)c(=O)c2c(-c3nccn3C)n(Cc3cccc(C#CCN4C(=O)c5ccccc5C4=O)c3)nc21. The van der Waals surface area contributed by atoms with Gasteiger partial charge in [-0.25, -0.2) is 9.78 Å². The average Bonchev–Trinajstić information content (AvgIpc) is 3.64. The summed E-state index contributed by atoms with van der Waals surface area (Å²) in [6.07, 6.45) is 3.44. The lowest BCUT2D eigenvalue weighted by Crippen LogP contribution is -2.38. The van der Waals surface area contributed by atoms with E-state index in [4.69, 9.17) is 5.10 Å². The number of carbonyl (C=O) groups excluding carboxylic acids is 2. The van der Waals surface area contributed by atoms with Crippen molar-refractivity contribution >= 4 is 22.8 Å². The number of nitrogens with zero attached hydrogens (tertiary/aromatic N) is 7. The van der Waals surface area contributed by atoms with Crippen LogP contribution in [0.3, 0.4) is 0 Å². The van der Waals surface area contributed by atoms with Crippen LogP contribution >= 0.6 is 0 Å². The smallest absolute Gasteiger partial charge is 0.332 e. The fourth-order valence-corrected chi connectivity index (χ4v) is 5.35. The number of rotatable bonds is 6. The van der Waals surface area contributed by atoms with Crippen molar-refractivity contribution in [3.63, 3.8) is 0 Å². The topological polar surface area (TPSA) is 117 Å². The Morgan fingerprint density at radius 1 is 0.930 bits per heavy atom. The molecule has 1 aliphatic heterocycles. The Morgan fingerprint density at radius 3 is 2.30 bits per heavy atom. The van der Waals surface area contributed by atoms with Gasteiger partial charge in [0.2, 0.25) is 0 Å². The maximum Gasteiger partial charge on any atom is 0.332 e. The number of benzene rings is 2. The molecular formula is C32H29N7O4. The summed E-state index contributed by atoms with van der Waals surface area (Å²) in [6.45, 7) is 4.66. The number of imide groups is 1. The second-order valence-electron chi connectivity index (χ2n) is 11.0. The Hall–Kier alpha value is -5.50. The van der Waals surface area contributed by atoms with Crippen molar-refractivity contribution in [2.24, 2.45) is 20.0 Å². The Labute approximate surface area is 246 Å². The van der Waals surface area contributed by atoms with Crippen molar-refractivity contribution in [2.75, 3.05) is 6.54 Å². The van der Waals surface area contributed by atoms with E-state index in [0.29, 0.717) is 45.8 Å². The van der Waals surface area contributed by atoms with Crippen LogP contribution in [0.15, 0.2) is 70.5 Å². The molecular weight excluding hydrogens is 546 g/mol. The van der Waals surface area contributed by atoms with Crippen LogP contribution in [-0.4, -0.2) is 51.7 Å². The van der Waals surface area contributed by atoms with Crippen LogP contribution in [-0.2, 0) is 27.2 Å². The lowest BCUT2D eigenvalue weighted by Gasteiger charge is -2.11. The predicted molar refractivity (Wildman–Crippen MR) is 161 cm³/mol. The van der Waals surface area contributed by atoms with E-state index >= 15 is 0 Å². The summed E-state index contributed by atoms with van der Waals surface area (Å²) in [4.78, 5) is 57.5. The first-order chi connectivity index (χ1) is 20.7. The van der Waals surface area contributed by atoms with E-state index in [0.717, 1.165) is 15.0 Å². The Balaban J connectivity index is 1.37. The third kappa shape index (κ3) is 4.76. The zero-order valence-electron chi connectivity index (χ0n) is 24.2. The molecule has 0 saturated heterocycles. The molecule has 0 radical (unpaired) electrons. The van der Waals surface area contributed by atoms with Gasteiger partial charge in [-0.2, -0.15) is 5.10 Å². The highest BCUT2D eigenvalue weighted by Crippen LogP contribution is 2.26. The molecule has 6 rings (SSSR count). The van der Waals surface area contributed by atoms with Gasteiger partial charge in [0.1, 0.15) is 11.1 Å². The summed E-state index contributed by atoms with van der Waals surface area (Å²) >= 11 is 0. The fourth-order valence-electron chi connectivity index (χ4n) is 5.35. The quantitative estimate of drug-likeness (QED) is 0.227. The number of carbonyl (C=O) groups is 2. The standard InChI is InChI=1S/C32H29N7O4/c1-20(2)18-38-27-25(31(42)36(4)32(38)43)26(28-33-14-16-35(28)3)39(34-27)19-22-10-7-9-21(17-22)11-8-15-37-29(40)23-12-5-6-13-24(23)30(37)41/h5-7,9-10,12-14,16-17,20H,15,18-19H2,1-4H3. The minimum atomic E-state index is -0.433. The first-order valence-electron chi connectivity index (χ1n) is 13.9. The molecule has 0 fully saturated rings. The second-order valence-corrected chi connectivity index (χ2v) is 11.0. The largest absolute Gasteiger partial charge is 0.333 e. The highest BCUT2D eigenvalue weighted by Gasteiger charge is 2.34. The molecule has 11 nitrogen and oxygen atoms in total. The molecule has 0 saturated carbocycles. The van der Waals surface area contributed by atoms with Crippen LogP contribution in [0.4, 0.5) is 0 Å². The summed E-state index contributed by atoms with van der Waals surface area (Å²) in [6, 6.07) is 14.3. The van der Waals surface area contributed by atoms with Gasteiger partial charge in [-0.15, -0.1) is 0 Å². The number of imidazole rings is 1. The normalized spacial score (nSPS) is 12.7. The van der Waals surface area contributed by atoms with Gasteiger partial charge < -0.3 is 4.57 Å². The zero-order chi connectivity index (χ0) is 30.4. The summed E-state index contributed by atoms with van der Waals surface area (Å²) in [5, 5.41) is 5.12. The van der Waals surface area contributed by atoms with Crippen LogP contribution in [0.25, 0.3) is 22.6 Å². The van der Waals surface area contributed by atoms with Crippen LogP contribution < -0.4 is 11.2 Å². The van der Waals surface area contributed by atoms with Crippen molar-refractivity contribution in [3.8, 4) is 23.4 Å². The van der Waals surface area contributed by atoms with Gasteiger partial charge in [-0.05, 0) is 35.7 Å². The third-order valence-electron chi connectivity index (χ3n) is 7.41. The number of hydrogen-bond acceptors (Lipinski definition) is 6. The molecule has 11 heteroatoms. The number of fused-ring (bicyclic) bond motifs is 2. The minimum absolute atomic E-state index is 0.0267. The predicted octanol–water partition coefficient (Wildman–Crippen LogP) is 2.65. The van der Waals surface area contributed by atoms with E-state index in [2.05, 4.69) is 16.8 Å². The lowest BCUT2D eigenvalue weighted by atomic mass is 10.1. The highest BCUT2D eigenvalue weighted by molar-refractivity contribution is 6.21. The zero-order valence-corrected chi connectivity index (χ0v) is 24.2. The summed E-state index contributed by atoms with van der Waals surface area (Å²) in [7, 11) is 3.31. The van der Waals surface area contributed by atoms with Gasteiger partial charge in [0.25, 0.3) is 17.4 Å². The van der Waals surface area contributed by atoms with Gasteiger partial charge in [0, 0.05) is 38.6 Å². The molecule has 0 spiro atoms. The van der Waals surface area contributed by atoms with E-state index < -0.39 is 11.2 Å².